The second kappa shape index (κ2) is 4.51. The van der Waals surface area contributed by atoms with Gasteiger partial charge < -0.3 is 4.74 Å². The van der Waals surface area contributed by atoms with Crippen LogP contribution in [0.1, 0.15) is 0 Å². The van der Waals surface area contributed by atoms with Crippen LogP contribution in [0.3, 0.4) is 0 Å². The van der Waals surface area contributed by atoms with Gasteiger partial charge in [0, 0.05) is 16.1 Å². The Hall–Kier alpha value is -0.940. The van der Waals surface area contributed by atoms with Crippen molar-refractivity contribution in [3.8, 4) is 5.75 Å². The van der Waals surface area contributed by atoms with Gasteiger partial charge in [0.05, 0.1) is 5.02 Å². The number of nitrogens with zero attached hydrogens (tertiary/aromatic N) is 1. The fraction of sp³-hybridized carbons (Fsp3) is 0.100. The first-order valence-electron chi connectivity index (χ1n) is 4.27. The van der Waals surface area contributed by atoms with E-state index in [1.54, 1.807) is 12.1 Å². The lowest BCUT2D eigenvalue weighted by Gasteiger charge is -2.08. The second-order valence-electron chi connectivity index (χ2n) is 2.95. The molecule has 0 N–H and O–H groups in total. The molecule has 2 rings (SSSR count). The van der Waals surface area contributed by atoms with Crippen molar-refractivity contribution < 1.29 is 13.5 Å². The number of para-hydroxylation sites is 1. The fourth-order valence-electron chi connectivity index (χ4n) is 1.33. The molecule has 1 heterocycles. The minimum absolute atomic E-state index is 0.0323. The van der Waals surface area contributed by atoms with E-state index >= 15 is 0 Å². The maximum Gasteiger partial charge on any atom is 0.387 e. The van der Waals surface area contributed by atoms with Gasteiger partial charge >= 0.3 is 6.61 Å². The van der Waals surface area contributed by atoms with Crippen molar-refractivity contribution in [1.82, 2.24) is 4.98 Å². The lowest BCUT2D eigenvalue weighted by Crippen LogP contribution is -2.02. The van der Waals surface area contributed by atoms with Crippen molar-refractivity contribution in [2.24, 2.45) is 0 Å². The molecule has 0 radical (unpaired) electrons. The molecule has 0 atom stereocenters. The van der Waals surface area contributed by atoms with E-state index in [1.165, 1.54) is 12.3 Å². The summed E-state index contributed by atoms with van der Waals surface area (Å²) in [5.74, 6) is 0.0323. The summed E-state index contributed by atoms with van der Waals surface area (Å²) in [6, 6.07) is 4.75. The zero-order valence-corrected chi connectivity index (χ0v) is 10.1. The summed E-state index contributed by atoms with van der Waals surface area (Å²) in [4.78, 5) is 3.97. The molecule has 6 heteroatoms. The molecule has 2 aromatic rings. The maximum absolute atomic E-state index is 12.1. The van der Waals surface area contributed by atoms with Gasteiger partial charge in [0.1, 0.15) is 5.52 Å². The third-order valence-corrected chi connectivity index (χ3v) is 3.34. The number of aromatic nitrogens is 1. The minimum Gasteiger partial charge on any atom is -0.432 e. The van der Waals surface area contributed by atoms with Crippen LogP contribution in [0.5, 0.6) is 5.75 Å². The fourth-order valence-corrected chi connectivity index (χ4v) is 1.90. The van der Waals surface area contributed by atoms with E-state index < -0.39 is 6.61 Å². The van der Waals surface area contributed by atoms with Gasteiger partial charge in [0.2, 0.25) is 0 Å². The van der Waals surface area contributed by atoms with E-state index in [1.807, 2.05) is 0 Å². The molecule has 0 saturated heterocycles. The number of alkyl halides is 2. The zero-order valence-electron chi connectivity index (χ0n) is 7.75. The van der Waals surface area contributed by atoms with E-state index in [4.69, 9.17) is 11.6 Å². The number of benzene rings is 1. The Morgan fingerprint density at radius 3 is 2.81 bits per heavy atom. The molecule has 0 aliphatic carbocycles. The SMILES string of the molecule is FC(F)Oc1cccc2c(Br)c(Cl)cnc12. The van der Waals surface area contributed by atoms with Crippen LogP contribution >= 0.6 is 27.5 Å². The number of hydrogen-bond acceptors (Lipinski definition) is 2. The Morgan fingerprint density at radius 1 is 1.38 bits per heavy atom. The first kappa shape index (κ1) is 11.5. The zero-order chi connectivity index (χ0) is 11.7. The van der Waals surface area contributed by atoms with Crippen LogP contribution in [0.25, 0.3) is 10.9 Å². The summed E-state index contributed by atoms with van der Waals surface area (Å²) in [6.45, 7) is -2.87. The lowest BCUT2D eigenvalue weighted by atomic mass is 10.2. The van der Waals surface area contributed by atoms with E-state index in [0.717, 1.165) is 0 Å². The largest absolute Gasteiger partial charge is 0.432 e. The smallest absolute Gasteiger partial charge is 0.387 e. The summed E-state index contributed by atoms with van der Waals surface area (Å²) >= 11 is 9.11. The molecule has 0 bridgehead atoms. The highest BCUT2D eigenvalue weighted by Crippen LogP contribution is 2.34. The van der Waals surface area contributed by atoms with Crippen LogP contribution in [0.4, 0.5) is 8.78 Å². The molecule has 0 fully saturated rings. The Morgan fingerprint density at radius 2 is 2.12 bits per heavy atom. The third-order valence-electron chi connectivity index (χ3n) is 1.97. The number of fused-ring (bicyclic) bond motifs is 1. The van der Waals surface area contributed by atoms with Gasteiger partial charge in [-0.15, -0.1) is 0 Å². The molecule has 2 nitrogen and oxygen atoms in total. The molecule has 1 aromatic carbocycles. The first-order valence-corrected chi connectivity index (χ1v) is 5.44. The molecule has 0 saturated carbocycles. The van der Waals surface area contributed by atoms with E-state index in [9.17, 15) is 8.78 Å². The molecule has 0 amide bonds. The molecular weight excluding hydrogens is 303 g/mol. The normalized spacial score (nSPS) is 11.1. The highest BCUT2D eigenvalue weighted by atomic mass is 79.9. The van der Waals surface area contributed by atoms with Crippen molar-refractivity contribution in [2.75, 3.05) is 0 Å². The van der Waals surface area contributed by atoms with Crippen molar-refractivity contribution >= 4 is 38.4 Å². The Labute approximate surface area is 103 Å². The Kier molecular flexibility index (Phi) is 3.25. The average Bonchev–Trinajstić information content (AvgIpc) is 2.23. The molecule has 0 aliphatic heterocycles. The van der Waals surface area contributed by atoms with E-state index in [-0.39, 0.29) is 5.75 Å². The van der Waals surface area contributed by atoms with Gasteiger partial charge in [0.15, 0.2) is 5.75 Å². The van der Waals surface area contributed by atoms with Crippen molar-refractivity contribution in [3.05, 3.63) is 33.9 Å². The number of halogens is 4. The maximum atomic E-state index is 12.1. The predicted octanol–water partition coefficient (Wildman–Crippen LogP) is 4.25. The van der Waals surface area contributed by atoms with Gasteiger partial charge in [-0.2, -0.15) is 8.78 Å². The third kappa shape index (κ3) is 2.10. The molecule has 84 valence electrons. The van der Waals surface area contributed by atoms with Gasteiger partial charge in [-0.3, -0.25) is 4.98 Å². The van der Waals surface area contributed by atoms with Crippen molar-refractivity contribution in [2.45, 2.75) is 6.61 Å². The minimum atomic E-state index is -2.87. The van der Waals surface area contributed by atoms with Crippen LogP contribution in [0, 0.1) is 0 Å². The summed E-state index contributed by atoms with van der Waals surface area (Å²) in [5.41, 5.74) is 0.346. The van der Waals surface area contributed by atoms with E-state index in [2.05, 4.69) is 25.7 Å². The monoisotopic (exact) mass is 307 g/mol. The van der Waals surface area contributed by atoms with Crippen LogP contribution in [-0.2, 0) is 0 Å². The highest BCUT2D eigenvalue weighted by Gasteiger charge is 2.12. The van der Waals surface area contributed by atoms with Crippen molar-refractivity contribution in [1.29, 1.82) is 0 Å². The summed E-state index contributed by atoms with van der Waals surface area (Å²) in [6.07, 6.45) is 1.38. The summed E-state index contributed by atoms with van der Waals surface area (Å²) in [5, 5.41) is 1.05. The second-order valence-corrected chi connectivity index (χ2v) is 4.15. The van der Waals surface area contributed by atoms with E-state index in [0.29, 0.717) is 20.4 Å². The van der Waals surface area contributed by atoms with Gasteiger partial charge in [-0.25, -0.2) is 0 Å². The average molecular weight is 309 g/mol. The number of pyridine rings is 1. The topological polar surface area (TPSA) is 22.1 Å². The molecule has 0 spiro atoms. The standard InChI is InChI=1S/C10H5BrClF2NO/c11-8-5-2-1-3-7(16-10(13)14)9(5)15-4-6(8)12/h1-4,10H. The number of ether oxygens (including phenoxy) is 1. The predicted molar refractivity (Wildman–Crippen MR) is 61.1 cm³/mol. The lowest BCUT2D eigenvalue weighted by molar-refractivity contribution is -0.0489. The number of rotatable bonds is 2. The van der Waals surface area contributed by atoms with Gasteiger partial charge in [-0.1, -0.05) is 23.7 Å². The van der Waals surface area contributed by atoms with Gasteiger partial charge in [-0.05, 0) is 22.0 Å². The molecule has 0 unspecified atom stereocenters. The Balaban J connectivity index is 2.65. The molecule has 1 aromatic heterocycles. The molecule has 16 heavy (non-hydrogen) atoms. The van der Waals surface area contributed by atoms with Crippen LogP contribution in [0.2, 0.25) is 5.02 Å². The summed E-state index contributed by atoms with van der Waals surface area (Å²) in [7, 11) is 0. The number of hydrogen-bond donors (Lipinski definition) is 0. The van der Waals surface area contributed by atoms with Crippen molar-refractivity contribution in [3.63, 3.8) is 0 Å². The molecular formula is C10H5BrClF2NO. The first-order chi connectivity index (χ1) is 7.59. The van der Waals surface area contributed by atoms with Crippen LogP contribution in [-0.4, -0.2) is 11.6 Å². The quantitative estimate of drug-likeness (QED) is 0.827. The van der Waals surface area contributed by atoms with Gasteiger partial charge in [0.25, 0.3) is 0 Å². The van der Waals surface area contributed by atoms with Crippen LogP contribution < -0.4 is 4.74 Å². The van der Waals surface area contributed by atoms with Crippen LogP contribution in [0.15, 0.2) is 28.9 Å². The Bertz CT molecular complexity index is 535. The highest BCUT2D eigenvalue weighted by molar-refractivity contribution is 9.10. The summed E-state index contributed by atoms with van der Waals surface area (Å²) < 4.78 is 29.3. The molecule has 0 aliphatic rings.